The molecule has 0 aliphatic carbocycles. The van der Waals surface area contributed by atoms with Crippen molar-refractivity contribution in [1.82, 2.24) is 5.32 Å². The Hall–Kier alpha value is -1.56. The van der Waals surface area contributed by atoms with E-state index in [4.69, 9.17) is 5.11 Å². The van der Waals surface area contributed by atoms with Gasteiger partial charge in [0, 0.05) is 13.2 Å². The van der Waals surface area contributed by atoms with Gasteiger partial charge in [-0.15, -0.1) is 0 Å². The molecular formula is C14H18F3NO2. The fourth-order valence-corrected chi connectivity index (χ4v) is 1.67. The molecule has 0 aromatic heterocycles. The van der Waals surface area contributed by atoms with Crippen molar-refractivity contribution in [3.8, 4) is 0 Å². The lowest BCUT2D eigenvalue weighted by atomic mass is 10.1. The molecule has 0 saturated heterocycles. The van der Waals surface area contributed by atoms with Gasteiger partial charge in [-0.25, -0.2) is 0 Å². The summed E-state index contributed by atoms with van der Waals surface area (Å²) in [7, 11) is 0. The first kappa shape index (κ1) is 16.5. The maximum Gasteiger partial charge on any atom is 0.416 e. The number of hydrogen-bond donors (Lipinski definition) is 2. The lowest BCUT2D eigenvalue weighted by Crippen LogP contribution is -2.29. The summed E-state index contributed by atoms with van der Waals surface area (Å²) >= 11 is 0. The third-order valence-corrected chi connectivity index (χ3v) is 2.92. The molecule has 0 aliphatic heterocycles. The topological polar surface area (TPSA) is 49.3 Å². The smallest absolute Gasteiger partial charge is 0.396 e. The number of rotatable bonds is 6. The summed E-state index contributed by atoms with van der Waals surface area (Å²) in [6.45, 7) is 2.41. The number of aliphatic hydroxyl groups excluding tert-OH is 1. The Kier molecular flexibility index (Phi) is 6.01. The first-order chi connectivity index (χ1) is 9.32. The molecule has 2 N–H and O–H groups in total. The zero-order chi connectivity index (χ0) is 15.2. The second kappa shape index (κ2) is 7.28. The number of hydrogen-bond acceptors (Lipinski definition) is 2. The Balaban J connectivity index is 2.46. The number of benzene rings is 1. The number of carbonyl (C=O) groups excluding carboxylic acids is 1. The largest absolute Gasteiger partial charge is 0.416 e. The van der Waals surface area contributed by atoms with Crippen LogP contribution in [0.3, 0.4) is 0 Å². The molecule has 0 spiro atoms. The molecule has 1 aromatic carbocycles. The Morgan fingerprint density at radius 3 is 2.40 bits per heavy atom. The molecule has 3 nitrogen and oxygen atoms in total. The van der Waals surface area contributed by atoms with Gasteiger partial charge in [0.25, 0.3) is 0 Å². The highest BCUT2D eigenvalue weighted by molar-refractivity contribution is 5.78. The maximum absolute atomic E-state index is 12.4. The average Bonchev–Trinajstić information content (AvgIpc) is 2.36. The highest BCUT2D eigenvalue weighted by atomic mass is 19.4. The Labute approximate surface area is 115 Å². The molecular weight excluding hydrogens is 271 g/mol. The van der Waals surface area contributed by atoms with Crippen LogP contribution in [0.4, 0.5) is 13.2 Å². The van der Waals surface area contributed by atoms with E-state index in [0.29, 0.717) is 18.5 Å². The third-order valence-electron chi connectivity index (χ3n) is 2.92. The fraction of sp³-hybridized carbons (Fsp3) is 0.500. The van der Waals surface area contributed by atoms with Gasteiger partial charge in [-0.2, -0.15) is 13.2 Å². The highest BCUT2D eigenvalue weighted by Crippen LogP contribution is 2.29. The van der Waals surface area contributed by atoms with Gasteiger partial charge in [-0.05, 0) is 30.0 Å². The van der Waals surface area contributed by atoms with Crippen LogP contribution in [0.25, 0.3) is 0 Å². The van der Waals surface area contributed by atoms with E-state index in [-0.39, 0.29) is 24.9 Å². The number of aliphatic hydroxyl groups is 1. The molecule has 112 valence electrons. The molecule has 0 fully saturated rings. The molecule has 0 heterocycles. The van der Waals surface area contributed by atoms with E-state index in [2.05, 4.69) is 5.32 Å². The zero-order valence-corrected chi connectivity index (χ0v) is 11.2. The monoisotopic (exact) mass is 289 g/mol. The van der Waals surface area contributed by atoms with Crippen molar-refractivity contribution in [3.05, 3.63) is 35.4 Å². The van der Waals surface area contributed by atoms with E-state index >= 15 is 0 Å². The van der Waals surface area contributed by atoms with Crippen LogP contribution in [0.15, 0.2) is 24.3 Å². The minimum atomic E-state index is -4.36. The van der Waals surface area contributed by atoms with Crippen molar-refractivity contribution in [2.24, 2.45) is 5.92 Å². The van der Waals surface area contributed by atoms with Gasteiger partial charge in [0.1, 0.15) is 0 Å². The number of amides is 1. The first-order valence-corrected chi connectivity index (χ1v) is 6.36. The van der Waals surface area contributed by atoms with Crippen LogP contribution in [0.1, 0.15) is 24.5 Å². The number of carbonyl (C=O) groups is 1. The van der Waals surface area contributed by atoms with Gasteiger partial charge < -0.3 is 10.4 Å². The number of nitrogens with one attached hydrogen (secondary N) is 1. The molecule has 6 heteroatoms. The van der Waals surface area contributed by atoms with E-state index in [0.717, 1.165) is 12.1 Å². The van der Waals surface area contributed by atoms with Crippen LogP contribution in [0.5, 0.6) is 0 Å². The summed E-state index contributed by atoms with van der Waals surface area (Å²) in [5.74, 6) is -0.0777. The summed E-state index contributed by atoms with van der Waals surface area (Å²) in [6.07, 6.45) is -3.72. The van der Waals surface area contributed by atoms with E-state index in [9.17, 15) is 18.0 Å². The third kappa shape index (κ3) is 5.61. The van der Waals surface area contributed by atoms with Crippen molar-refractivity contribution in [1.29, 1.82) is 0 Å². The van der Waals surface area contributed by atoms with Crippen molar-refractivity contribution in [3.63, 3.8) is 0 Å². The molecule has 1 unspecified atom stereocenters. The minimum Gasteiger partial charge on any atom is -0.396 e. The van der Waals surface area contributed by atoms with Crippen LogP contribution in [-0.4, -0.2) is 24.2 Å². The van der Waals surface area contributed by atoms with Gasteiger partial charge >= 0.3 is 6.18 Å². The molecule has 1 rings (SSSR count). The quantitative estimate of drug-likeness (QED) is 0.844. The fourth-order valence-electron chi connectivity index (χ4n) is 1.67. The molecule has 0 radical (unpaired) electrons. The lowest BCUT2D eigenvalue weighted by molar-refractivity contribution is -0.137. The number of halogens is 3. The summed E-state index contributed by atoms with van der Waals surface area (Å²) in [6, 6.07) is 4.55. The van der Waals surface area contributed by atoms with Crippen LogP contribution in [0.2, 0.25) is 0 Å². The second-order valence-electron chi connectivity index (χ2n) is 4.79. The predicted octanol–water partition coefficient (Wildman–Crippen LogP) is 2.38. The van der Waals surface area contributed by atoms with Gasteiger partial charge in [-0.3, -0.25) is 4.79 Å². The summed E-state index contributed by atoms with van der Waals surface area (Å²) in [5.41, 5.74) is -0.191. The van der Waals surface area contributed by atoms with E-state index in [1.165, 1.54) is 12.1 Å². The maximum atomic E-state index is 12.4. The van der Waals surface area contributed by atoms with Crippen molar-refractivity contribution in [2.75, 3.05) is 13.2 Å². The SMILES string of the molecule is CC(CCO)CNC(=O)Cc1ccc(C(F)(F)F)cc1. The van der Waals surface area contributed by atoms with Gasteiger partial charge in [-0.1, -0.05) is 19.1 Å². The molecule has 1 atom stereocenters. The zero-order valence-electron chi connectivity index (χ0n) is 11.2. The van der Waals surface area contributed by atoms with Crippen molar-refractivity contribution < 1.29 is 23.1 Å². The minimum absolute atomic E-state index is 0.0456. The molecule has 0 bridgehead atoms. The normalized spacial score (nSPS) is 13.1. The Morgan fingerprint density at radius 2 is 1.90 bits per heavy atom. The lowest BCUT2D eigenvalue weighted by Gasteiger charge is -2.11. The van der Waals surface area contributed by atoms with Crippen molar-refractivity contribution >= 4 is 5.91 Å². The average molecular weight is 289 g/mol. The Morgan fingerprint density at radius 1 is 1.30 bits per heavy atom. The van der Waals surface area contributed by atoms with Crippen molar-refractivity contribution in [2.45, 2.75) is 25.9 Å². The molecule has 0 saturated carbocycles. The van der Waals surface area contributed by atoms with Crippen LogP contribution in [0, 0.1) is 5.92 Å². The summed E-state index contributed by atoms with van der Waals surface area (Å²) in [5, 5.41) is 11.4. The molecule has 20 heavy (non-hydrogen) atoms. The van der Waals surface area contributed by atoms with Gasteiger partial charge in [0.2, 0.25) is 5.91 Å². The number of alkyl halides is 3. The predicted molar refractivity (Wildman–Crippen MR) is 69.0 cm³/mol. The first-order valence-electron chi connectivity index (χ1n) is 6.36. The van der Waals surface area contributed by atoms with Gasteiger partial charge in [0.15, 0.2) is 0 Å². The van der Waals surface area contributed by atoms with E-state index < -0.39 is 11.7 Å². The van der Waals surface area contributed by atoms with Gasteiger partial charge in [0.05, 0.1) is 12.0 Å². The Bertz CT molecular complexity index is 429. The molecule has 0 aliphatic rings. The standard InChI is InChI=1S/C14H18F3NO2/c1-10(6-7-19)9-18-13(20)8-11-2-4-12(5-3-11)14(15,16)17/h2-5,10,19H,6-9H2,1H3,(H,18,20). The van der Waals surface area contributed by atoms with Crippen LogP contribution in [-0.2, 0) is 17.4 Å². The summed E-state index contributed by atoms with van der Waals surface area (Å²) in [4.78, 5) is 11.6. The second-order valence-corrected chi connectivity index (χ2v) is 4.79. The molecule has 1 amide bonds. The van der Waals surface area contributed by atoms with Crippen LogP contribution >= 0.6 is 0 Å². The highest BCUT2D eigenvalue weighted by Gasteiger charge is 2.29. The van der Waals surface area contributed by atoms with E-state index in [1.807, 2.05) is 6.92 Å². The summed E-state index contributed by atoms with van der Waals surface area (Å²) < 4.78 is 37.1. The van der Waals surface area contributed by atoms with Crippen LogP contribution < -0.4 is 5.32 Å². The van der Waals surface area contributed by atoms with E-state index in [1.54, 1.807) is 0 Å². The molecule has 1 aromatic rings.